The van der Waals surface area contributed by atoms with Gasteiger partial charge in [0.25, 0.3) is 0 Å². The SMILES string of the molecule is C[Si]1(C)c2ccccc2-c2nc(-c3cccc(-c4cccc(-c5cccc6c5c5cc(-c7ccccc7)ccc5n6-c5cccc(-c6ccccc6)c5)c4)c3)nc(-c3ccccc3)c21. The number of hydrogen-bond donors (Lipinski definition) is 0. The summed E-state index contributed by atoms with van der Waals surface area (Å²) < 4.78 is 2.44. The minimum atomic E-state index is -2.05. The molecule has 1 aliphatic heterocycles. The minimum Gasteiger partial charge on any atom is -0.309 e. The molecule has 0 fully saturated rings. The molecule has 0 saturated heterocycles. The van der Waals surface area contributed by atoms with Crippen LogP contribution in [-0.2, 0) is 0 Å². The van der Waals surface area contributed by atoms with Crippen LogP contribution in [0, 0.1) is 0 Å². The van der Waals surface area contributed by atoms with Gasteiger partial charge in [-0.15, -0.1) is 0 Å². The van der Waals surface area contributed by atoms with E-state index in [9.17, 15) is 0 Å². The van der Waals surface area contributed by atoms with Crippen LogP contribution in [0.5, 0.6) is 0 Å². The average molecular weight is 834 g/mol. The van der Waals surface area contributed by atoms with Crippen molar-refractivity contribution in [2.45, 2.75) is 13.1 Å². The molecular weight excluding hydrogens is 791 g/mol. The predicted octanol–water partition coefficient (Wildman–Crippen LogP) is 14.4. The highest BCUT2D eigenvalue weighted by Crippen LogP contribution is 2.42. The number of fused-ring (bicyclic) bond motifs is 6. The summed E-state index contributed by atoms with van der Waals surface area (Å²) in [5.41, 5.74) is 18.4. The summed E-state index contributed by atoms with van der Waals surface area (Å²) in [6, 6.07) is 81.2. The molecule has 0 atom stereocenters. The Morgan fingerprint density at radius 2 is 0.875 bits per heavy atom. The van der Waals surface area contributed by atoms with Crippen LogP contribution < -0.4 is 10.4 Å². The van der Waals surface area contributed by atoms with E-state index < -0.39 is 8.07 Å². The largest absolute Gasteiger partial charge is 0.309 e. The van der Waals surface area contributed by atoms with Crippen molar-refractivity contribution >= 4 is 40.3 Å². The molecule has 302 valence electrons. The van der Waals surface area contributed by atoms with E-state index in [1.54, 1.807) is 0 Å². The van der Waals surface area contributed by atoms with Gasteiger partial charge in [0.2, 0.25) is 0 Å². The van der Waals surface area contributed by atoms with E-state index in [1.165, 1.54) is 71.1 Å². The molecule has 0 radical (unpaired) electrons. The summed E-state index contributed by atoms with van der Waals surface area (Å²) in [6.07, 6.45) is 0. The maximum absolute atomic E-state index is 5.43. The third-order valence-electron chi connectivity index (χ3n) is 13.2. The number of nitrogens with zero attached hydrogens (tertiary/aromatic N) is 3. The Kier molecular flexibility index (Phi) is 8.96. The molecule has 3 heterocycles. The summed E-state index contributed by atoms with van der Waals surface area (Å²) in [5.74, 6) is 0.750. The molecule has 9 aromatic carbocycles. The fourth-order valence-electron chi connectivity index (χ4n) is 10.1. The van der Waals surface area contributed by atoms with Gasteiger partial charge in [-0.2, -0.15) is 0 Å². The van der Waals surface area contributed by atoms with Gasteiger partial charge in [0.1, 0.15) is 8.07 Å². The van der Waals surface area contributed by atoms with Crippen molar-refractivity contribution in [3.8, 4) is 84.1 Å². The average Bonchev–Trinajstić information content (AvgIpc) is 3.82. The quantitative estimate of drug-likeness (QED) is 0.150. The van der Waals surface area contributed by atoms with Gasteiger partial charge in [-0.1, -0.05) is 195 Å². The van der Waals surface area contributed by atoms with Gasteiger partial charge in [0.15, 0.2) is 5.82 Å². The van der Waals surface area contributed by atoms with Gasteiger partial charge in [-0.3, -0.25) is 0 Å². The Morgan fingerprint density at radius 1 is 0.359 bits per heavy atom. The van der Waals surface area contributed by atoms with Crippen molar-refractivity contribution in [3.05, 3.63) is 224 Å². The van der Waals surface area contributed by atoms with E-state index in [-0.39, 0.29) is 0 Å². The van der Waals surface area contributed by atoms with Crippen molar-refractivity contribution in [3.63, 3.8) is 0 Å². The molecule has 3 nitrogen and oxygen atoms in total. The van der Waals surface area contributed by atoms with Crippen molar-refractivity contribution < 1.29 is 0 Å². The zero-order chi connectivity index (χ0) is 42.8. The highest BCUT2D eigenvalue weighted by molar-refractivity contribution is 7.04. The summed E-state index contributed by atoms with van der Waals surface area (Å²) in [4.78, 5) is 10.8. The van der Waals surface area contributed by atoms with Crippen LogP contribution >= 0.6 is 0 Å². The Balaban J connectivity index is 1.01. The standard InChI is InChI=1S/C60H43N3Si/c1-64(2)55-33-13-12-30-51(55)58-59(64)57(42-22-10-5-11-23-42)61-60(62-58)48-28-15-25-44(37-48)43-24-14-27-47(36-43)50-31-17-32-54-56(50)52-39-46(41-20-8-4-9-21-41)34-35-53(52)63(54)49-29-16-26-45(38-49)40-18-6-3-7-19-40/h3-39H,1-2H3. The Labute approximate surface area is 374 Å². The fraction of sp³-hybridized carbons (Fsp3) is 0.0333. The normalized spacial score (nSPS) is 12.7. The molecule has 64 heavy (non-hydrogen) atoms. The van der Waals surface area contributed by atoms with Crippen molar-refractivity contribution in [1.82, 2.24) is 14.5 Å². The topological polar surface area (TPSA) is 30.7 Å². The highest BCUT2D eigenvalue weighted by Gasteiger charge is 2.41. The minimum absolute atomic E-state index is 0.750. The van der Waals surface area contributed by atoms with Gasteiger partial charge in [-0.05, 0) is 103 Å². The molecule has 0 aliphatic carbocycles. The van der Waals surface area contributed by atoms with Crippen LogP contribution in [0.25, 0.3) is 106 Å². The predicted molar refractivity (Wildman–Crippen MR) is 271 cm³/mol. The van der Waals surface area contributed by atoms with E-state index in [2.05, 4.69) is 242 Å². The zero-order valence-electron chi connectivity index (χ0n) is 35.7. The smallest absolute Gasteiger partial charge is 0.160 e. The molecule has 0 saturated carbocycles. The zero-order valence-corrected chi connectivity index (χ0v) is 36.7. The van der Waals surface area contributed by atoms with Gasteiger partial charge in [0.05, 0.1) is 22.4 Å². The van der Waals surface area contributed by atoms with Crippen molar-refractivity contribution in [2.75, 3.05) is 0 Å². The third kappa shape index (κ3) is 6.25. The first kappa shape index (κ1) is 37.8. The lowest BCUT2D eigenvalue weighted by atomic mass is 9.94. The van der Waals surface area contributed by atoms with Crippen LogP contribution in [0.1, 0.15) is 0 Å². The molecule has 0 spiro atoms. The van der Waals surface area contributed by atoms with Crippen molar-refractivity contribution in [2.24, 2.45) is 0 Å². The molecule has 0 amide bonds. The Morgan fingerprint density at radius 3 is 1.59 bits per heavy atom. The summed E-state index contributed by atoms with van der Waals surface area (Å²) in [5, 5.41) is 5.20. The molecule has 12 rings (SSSR count). The molecule has 4 heteroatoms. The molecule has 11 aromatic rings. The van der Waals surface area contributed by atoms with E-state index in [4.69, 9.17) is 9.97 Å². The van der Waals surface area contributed by atoms with E-state index in [0.29, 0.717) is 0 Å². The second-order valence-electron chi connectivity index (χ2n) is 17.4. The number of hydrogen-bond acceptors (Lipinski definition) is 2. The molecule has 0 N–H and O–H groups in total. The lowest BCUT2D eigenvalue weighted by Crippen LogP contribution is -2.50. The summed E-state index contributed by atoms with van der Waals surface area (Å²) in [6.45, 7) is 4.87. The maximum Gasteiger partial charge on any atom is 0.160 e. The van der Waals surface area contributed by atoms with Gasteiger partial charge < -0.3 is 4.57 Å². The molecule has 2 aromatic heterocycles. The summed E-state index contributed by atoms with van der Waals surface area (Å²) in [7, 11) is -2.05. The lowest BCUT2D eigenvalue weighted by Gasteiger charge is -2.21. The highest BCUT2D eigenvalue weighted by atomic mass is 28.3. The van der Waals surface area contributed by atoms with Crippen molar-refractivity contribution in [1.29, 1.82) is 0 Å². The van der Waals surface area contributed by atoms with Gasteiger partial charge in [-0.25, -0.2) is 9.97 Å². The Bertz CT molecular complexity index is 3570. The van der Waals surface area contributed by atoms with Crippen LogP contribution in [0.15, 0.2) is 224 Å². The summed E-state index contributed by atoms with van der Waals surface area (Å²) >= 11 is 0. The molecule has 0 bridgehead atoms. The number of rotatable bonds is 7. The van der Waals surface area contributed by atoms with E-state index >= 15 is 0 Å². The first-order valence-corrected chi connectivity index (χ1v) is 25.1. The van der Waals surface area contributed by atoms with Crippen LogP contribution in [0.3, 0.4) is 0 Å². The monoisotopic (exact) mass is 833 g/mol. The van der Waals surface area contributed by atoms with E-state index in [0.717, 1.165) is 45.2 Å². The first-order valence-electron chi connectivity index (χ1n) is 22.1. The first-order chi connectivity index (χ1) is 31.5. The number of aromatic nitrogens is 3. The third-order valence-corrected chi connectivity index (χ3v) is 16.7. The maximum atomic E-state index is 5.43. The molecular formula is C60H43N3Si. The number of benzene rings is 9. The second kappa shape index (κ2) is 15.2. The van der Waals surface area contributed by atoms with Crippen LogP contribution in [0.4, 0.5) is 0 Å². The second-order valence-corrected chi connectivity index (χ2v) is 21.7. The Hall–Kier alpha value is -7.92. The van der Waals surface area contributed by atoms with Gasteiger partial charge in [0, 0.05) is 27.6 Å². The molecule has 0 unspecified atom stereocenters. The van der Waals surface area contributed by atoms with Crippen LogP contribution in [0.2, 0.25) is 13.1 Å². The fourth-order valence-corrected chi connectivity index (χ4v) is 13.3. The lowest BCUT2D eigenvalue weighted by molar-refractivity contribution is 1.18. The van der Waals surface area contributed by atoms with E-state index in [1.807, 2.05) is 0 Å². The molecule has 1 aliphatic rings. The van der Waals surface area contributed by atoms with Crippen LogP contribution in [-0.4, -0.2) is 22.6 Å². The van der Waals surface area contributed by atoms with Gasteiger partial charge >= 0.3 is 0 Å².